The van der Waals surface area contributed by atoms with Crippen molar-refractivity contribution in [1.82, 2.24) is 15.6 Å². The Labute approximate surface area is 170 Å². The van der Waals surface area contributed by atoms with Crippen LogP contribution in [-0.2, 0) is 11.2 Å². The van der Waals surface area contributed by atoms with Crippen LogP contribution in [0.15, 0.2) is 59.7 Å². The van der Waals surface area contributed by atoms with Crippen molar-refractivity contribution in [3.63, 3.8) is 0 Å². The maximum absolute atomic E-state index is 11.1. The van der Waals surface area contributed by atoms with Crippen molar-refractivity contribution < 1.29 is 9.53 Å². The van der Waals surface area contributed by atoms with Crippen molar-refractivity contribution in [3.05, 3.63) is 60.3 Å². The number of hydrogen-bond acceptors (Lipinski definition) is 3. The molecule has 2 aromatic carbocycles. The summed E-state index contributed by atoms with van der Waals surface area (Å²) in [6.45, 7) is 3.35. The highest BCUT2D eigenvalue weighted by atomic mass is 16.5. The number of aromatic nitrogens is 1. The number of ether oxygens (including phenoxy) is 1. The molecule has 0 aliphatic carbocycles. The van der Waals surface area contributed by atoms with E-state index < -0.39 is 0 Å². The third-order valence-corrected chi connectivity index (χ3v) is 4.40. The molecule has 7 heteroatoms. The molecule has 0 aliphatic rings. The first kappa shape index (κ1) is 20.3. The quantitative estimate of drug-likeness (QED) is 0.269. The van der Waals surface area contributed by atoms with Crippen LogP contribution in [0.1, 0.15) is 12.5 Å². The van der Waals surface area contributed by atoms with Crippen LogP contribution in [0.25, 0.3) is 10.9 Å². The number of H-pyrrole nitrogens is 1. The lowest BCUT2D eigenvalue weighted by molar-refractivity contribution is -0.114. The standard InChI is InChI=1S/C22H27N5O2/c1-16(28)27-18-6-5-7-19(14-18)29-13-12-25-22(23-2)24-11-10-17-15-26-21-9-4-3-8-20(17)21/h3-9,14-15,26H,10-13H2,1-2H3,(H,27,28)(H2,23,24,25). The average Bonchev–Trinajstić information content (AvgIpc) is 3.13. The number of rotatable bonds is 8. The van der Waals surface area contributed by atoms with Crippen LogP contribution >= 0.6 is 0 Å². The first-order chi connectivity index (χ1) is 14.2. The highest BCUT2D eigenvalue weighted by molar-refractivity contribution is 5.88. The number of hydrogen-bond donors (Lipinski definition) is 4. The van der Waals surface area contributed by atoms with Gasteiger partial charge in [-0.15, -0.1) is 0 Å². The Bertz CT molecular complexity index is 980. The molecule has 29 heavy (non-hydrogen) atoms. The number of aromatic amines is 1. The average molecular weight is 393 g/mol. The molecule has 4 N–H and O–H groups in total. The highest BCUT2D eigenvalue weighted by Crippen LogP contribution is 2.18. The van der Waals surface area contributed by atoms with Crippen LogP contribution < -0.4 is 20.7 Å². The Kier molecular flexibility index (Phi) is 7.10. The number of nitrogens with zero attached hydrogens (tertiary/aromatic N) is 1. The lowest BCUT2D eigenvalue weighted by atomic mass is 10.1. The Balaban J connectivity index is 1.39. The van der Waals surface area contributed by atoms with Crippen LogP contribution in [0.4, 0.5) is 5.69 Å². The van der Waals surface area contributed by atoms with E-state index in [1.165, 1.54) is 17.9 Å². The topological polar surface area (TPSA) is 90.5 Å². The second-order valence-electron chi connectivity index (χ2n) is 6.59. The summed E-state index contributed by atoms with van der Waals surface area (Å²) >= 11 is 0. The number of amides is 1. The molecule has 0 bridgehead atoms. The fraction of sp³-hybridized carbons (Fsp3) is 0.273. The molecule has 3 aromatic rings. The summed E-state index contributed by atoms with van der Waals surface area (Å²) < 4.78 is 5.73. The van der Waals surface area contributed by atoms with E-state index in [0.717, 1.165) is 30.1 Å². The molecule has 1 amide bonds. The van der Waals surface area contributed by atoms with Crippen molar-refractivity contribution in [2.45, 2.75) is 13.3 Å². The van der Waals surface area contributed by atoms with E-state index in [-0.39, 0.29) is 5.91 Å². The smallest absolute Gasteiger partial charge is 0.221 e. The minimum Gasteiger partial charge on any atom is -0.492 e. The fourth-order valence-electron chi connectivity index (χ4n) is 3.08. The predicted octanol–water partition coefficient (Wildman–Crippen LogP) is 2.91. The van der Waals surface area contributed by atoms with E-state index in [1.54, 1.807) is 13.1 Å². The summed E-state index contributed by atoms with van der Waals surface area (Å²) in [7, 11) is 1.75. The number of benzene rings is 2. The van der Waals surface area contributed by atoms with Crippen LogP contribution in [0.5, 0.6) is 5.75 Å². The third-order valence-electron chi connectivity index (χ3n) is 4.40. The molecule has 7 nitrogen and oxygen atoms in total. The molecule has 3 rings (SSSR count). The van der Waals surface area contributed by atoms with Crippen LogP contribution in [0, 0.1) is 0 Å². The predicted molar refractivity (Wildman–Crippen MR) is 118 cm³/mol. The van der Waals surface area contributed by atoms with E-state index in [0.29, 0.717) is 18.9 Å². The van der Waals surface area contributed by atoms with Gasteiger partial charge in [-0.3, -0.25) is 9.79 Å². The molecule has 0 saturated carbocycles. The number of nitrogens with one attached hydrogen (secondary N) is 4. The van der Waals surface area contributed by atoms with Gasteiger partial charge in [0.15, 0.2) is 5.96 Å². The number of guanidine groups is 1. The van der Waals surface area contributed by atoms with Gasteiger partial charge in [-0.1, -0.05) is 24.3 Å². The fourth-order valence-corrected chi connectivity index (χ4v) is 3.08. The maximum Gasteiger partial charge on any atom is 0.221 e. The molecule has 152 valence electrons. The van der Waals surface area contributed by atoms with Gasteiger partial charge in [0.25, 0.3) is 0 Å². The van der Waals surface area contributed by atoms with Gasteiger partial charge in [-0.2, -0.15) is 0 Å². The third kappa shape index (κ3) is 6.00. The van der Waals surface area contributed by atoms with Crippen LogP contribution in [0.3, 0.4) is 0 Å². The highest BCUT2D eigenvalue weighted by Gasteiger charge is 2.04. The monoisotopic (exact) mass is 393 g/mol. The van der Waals surface area contributed by atoms with E-state index >= 15 is 0 Å². The van der Waals surface area contributed by atoms with Gasteiger partial charge in [-0.05, 0) is 30.2 Å². The van der Waals surface area contributed by atoms with Crippen LogP contribution in [-0.4, -0.2) is 43.6 Å². The number of fused-ring (bicyclic) bond motifs is 1. The van der Waals surface area contributed by atoms with Gasteiger partial charge in [0, 0.05) is 49.4 Å². The minimum absolute atomic E-state index is 0.105. The van der Waals surface area contributed by atoms with Gasteiger partial charge < -0.3 is 25.7 Å². The first-order valence-corrected chi connectivity index (χ1v) is 9.65. The molecule has 0 fully saturated rings. The molecule has 0 radical (unpaired) electrons. The Morgan fingerprint density at radius 3 is 2.76 bits per heavy atom. The summed E-state index contributed by atoms with van der Waals surface area (Å²) in [6, 6.07) is 15.6. The molecule has 0 saturated heterocycles. The number of carbonyl (C=O) groups excluding carboxylic acids is 1. The van der Waals surface area contributed by atoms with Gasteiger partial charge >= 0.3 is 0 Å². The number of aliphatic imine (C=N–C) groups is 1. The van der Waals surface area contributed by atoms with Gasteiger partial charge in [0.05, 0.1) is 6.54 Å². The first-order valence-electron chi connectivity index (χ1n) is 9.65. The molecule has 0 unspecified atom stereocenters. The van der Waals surface area contributed by atoms with Crippen LogP contribution in [0.2, 0.25) is 0 Å². The van der Waals surface area contributed by atoms with Crippen molar-refractivity contribution in [3.8, 4) is 5.75 Å². The lowest BCUT2D eigenvalue weighted by Crippen LogP contribution is -2.40. The summed E-state index contributed by atoms with van der Waals surface area (Å²) in [5.41, 5.74) is 3.16. The Morgan fingerprint density at radius 2 is 1.93 bits per heavy atom. The molecule has 1 heterocycles. The largest absolute Gasteiger partial charge is 0.492 e. The summed E-state index contributed by atoms with van der Waals surface area (Å²) in [4.78, 5) is 18.7. The summed E-state index contributed by atoms with van der Waals surface area (Å²) in [5.74, 6) is 1.34. The molecule has 0 atom stereocenters. The maximum atomic E-state index is 11.1. The van der Waals surface area contributed by atoms with Crippen molar-refractivity contribution in [1.29, 1.82) is 0 Å². The van der Waals surface area contributed by atoms with Crippen molar-refractivity contribution in [2.24, 2.45) is 4.99 Å². The molecular formula is C22H27N5O2. The van der Waals surface area contributed by atoms with Crippen molar-refractivity contribution >= 4 is 28.5 Å². The molecule has 1 aromatic heterocycles. The van der Waals surface area contributed by atoms with E-state index in [9.17, 15) is 4.79 Å². The zero-order chi connectivity index (χ0) is 20.5. The van der Waals surface area contributed by atoms with Gasteiger partial charge in [0.1, 0.15) is 12.4 Å². The number of para-hydroxylation sites is 1. The summed E-state index contributed by atoms with van der Waals surface area (Å²) in [6.07, 6.45) is 2.96. The molecular weight excluding hydrogens is 366 g/mol. The Morgan fingerprint density at radius 1 is 1.10 bits per heavy atom. The second kappa shape index (κ2) is 10.2. The van der Waals surface area contributed by atoms with Crippen molar-refractivity contribution in [2.75, 3.05) is 32.1 Å². The minimum atomic E-state index is -0.105. The van der Waals surface area contributed by atoms with E-state index in [4.69, 9.17) is 4.74 Å². The van der Waals surface area contributed by atoms with E-state index in [1.807, 2.05) is 24.3 Å². The zero-order valence-electron chi connectivity index (χ0n) is 16.8. The second-order valence-corrected chi connectivity index (χ2v) is 6.59. The molecule has 0 aliphatic heterocycles. The van der Waals surface area contributed by atoms with Gasteiger partial charge in [-0.25, -0.2) is 0 Å². The SMILES string of the molecule is CN=C(NCCOc1cccc(NC(C)=O)c1)NCCc1c[nH]c2ccccc12. The normalized spacial score (nSPS) is 11.3. The number of carbonyl (C=O) groups is 1. The zero-order valence-corrected chi connectivity index (χ0v) is 16.8. The van der Waals surface area contributed by atoms with E-state index in [2.05, 4.69) is 50.3 Å². The lowest BCUT2D eigenvalue weighted by Gasteiger charge is -2.13. The summed E-state index contributed by atoms with van der Waals surface area (Å²) in [5, 5.41) is 10.6. The Hall–Kier alpha value is -3.48. The van der Waals surface area contributed by atoms with Gasteiger partial charge in [0.2, 0.25) is 5.91 Å². The number of anilines is 1. The molecule has 0 spiro atoms.